The normalized spacial score (nSPS) is 16.7. The van der Waals surface area contributed by atoms with E-state index >= 15 is 0 Å². The number of thioether (sulfide) groups is 1. The Morgan fingerprint density at radius 3 is 3.00 bits per heavy atom. The Hall–Kier alpha value is -1.56. The van der Waals surface area contributed by atoms with Crippen molar-refractivity contribution >= 4 is 23.4 Å². The van der Waals surface area contributed by atoms with Gasteiger partial charge in [-0.05, 0) is 42.9 Å². The molecule has 1 fully saturated rings. The van der Waals surface area contributed by atoms with Gasteiger partial charge in [0.25, 0.3) is 0 Å². The molecule has 2 aromatic rings. The van der Waals surface area contributed by atoms with Crippen molar-refractivity contribution in [2.24, 2.45) is 5.41 Å². The average Bonchev–Trinajstić information content (AvgIpc) is 2.92. The molecule has 6 heteroatoms. The molecule has 1 aliphatic carbocycles. The largest absolute Gasteiger partial charge is 0.481 e. The Morgan fingerprint density at radius 1 is 1.53 bits per heavy atom. The predicted octanol–water partition coefficient (Wildman–Crippen LogP) is 2.38. The van der Waals surface area contributed by atoms with Gasteiger partial charge >= 0.3 is 5.97 Å². The minimum absolute atomic E-state index is 0.00679. The fraction of sp³-hybridized carbons (Fsp3) is 0.462. The smallest absolute Gasteiger partial charge is 0.303 e. The molecule has 2 heterocycles. The third-order valence-electron chi connectivity index (χ3n) is 3.50. The average molecular weight is 277 g/mol. The van der Waals surface area contributed by atoms with Gasteiger partial charge in [-0.25, -0.2) is 9.50 Å². The highest BCUT2D eigenvalue weighted by Crippen LogP contribution is 2.51. The fourth-order valence-electron chi connectivity index (χ4n) is 2.22. The van der Waals surface area contributed by atoms with Crippen molar-refractivity contribution in [3.63, 3.8) is 0 Å². The van der Waals surface area contributed by atoms with Gasteiger partial charge in [-0.3, -0.25) is 4.79 Å². The maximum atomic E-state index is 10.9. The van der Waals surface area contributed by atoms with E-state index in [1.54, 1.807) is 18.1 Å². The van der Waals surface area contributed by atoms with Gasteiger partial charge in [-0.1, -0.05) is 0 Å². The van der Waals surface area contributed by atoms with E-state index in [0.717, 1.165) is 34.8 Å². The van der Waals surface area contributed by atoms with Crippen molar-refractivity contribution < 1.29 is 9.90 Å². The number of nitrogens with zero attached hydrogens (tertiary/aromatic N) is 3. The van der Waals surface area contributed by atoms with Crippen LogP contribution in [0.2, 0.25) is 0 Å². The van der Waals surface area contributed by atoms with Gasteiger partial charge < -0.3 is 5.11 Å². The zero-order chi connectivity index (χ0) is 13.5. The number of hydrogen-bond acceptors (Lipinski definition) is 4. The first-order chi connectivity index (χ1) is 9.08. The van der Waals surface area contributed by atoms with Gasteiger partial charge in [-0.2, -0.15) is 5.10 Å². The maximum absolute atomic E-state index is 10.9. The monoisotopic (exact) mass is 277 g/mol. The molecule has 2 aromatic heterocycles. The number of carboxylic acid groups (broad SMARTS) is 1. The van der Waals surface area contributed by atoms with Crippen molar-refractivity contribution in [1.82, 2.24) is 14.6 Å². The number of hydrogen-bond donors (Lipinski definition) is 1. The Balaban J connectivity index is 1.78. The minimum atomic E-state index is -0.701. The highest BCUT2D eigenvalue weighted by Gasteiger charge is 2.44. The van der Waals surface area contributed by atoms with Crippen molar-refractivity contribution in [3.8, 4) is 0 Å². The molecule has 0 saturated heterocycles. The Kier molecular flexibility index (Phi) is 2.97. The van der Waals surface area contributed by atoms with Crippen LogP contribution in [-0.2, 0) is 4.79 Å². The zero-order valence-electron chi connectivity index (χ0n) is 10.7. The predicted molar refractivity (Wildman–Crippen MR) is 72.4 cm³/mol. The summed E-state index contributed by atoms with van der Waals surface area (Å²) >= 11 is 1.68. The molecule has 0 unspecified atom stereocenters. The number of aryl methyl sites for hydroxylation is 1. The van der Waals surface area contributed by atoms with Gasteiger partial charge in [0.05, 0.1) is 6.42 Å². The fourth-order valence-corrected chi connectivity index (χ4v) is 3.60. The van der Waals surface area contributed by atoms with E-state index in [2.05, 4.69) is 16.1 Å². The molecule has 0 amide bonds. The lowest BCUT2D eigenvalue weighted by molar-refractivity contribution is -0.138. The molecule has 1 aliphatic rings. The van der Waals surface area contributed by atoms with Crippen LogP contribution in [0.25, 0.3) is 5.65 Å². The highest BCUT2D eigenvalue weighted by molar-refractivity contribution is 7.99. The van der Waals surface area contributed by atoms with Crippen LogP contribution < -0.4 is 0 Å². The lowest BCUT2D eigenvalue weighted by Gasteiger charge is -2.12. The van der Waals surface area contributed by atoms with E-state index in [0.29, 0.717) is 0 Å². The van der Waals surface area contributed by atoms with Gasteiger partial charge in [0, 0.05) is 5.75 Å². The summed E-state index contributed by atoms with van der Waals surface area (Å²) < 4.78 is 1.81. The number of pyridine rings is 1. The summed E-state index contributed by atoms with van der Waals surface area (Å²) in [4.78, 5) is 15.0. The molecular weight excluding hydrogens is 262 g/mol. The third-order valence-corrected chi connectivity index (χ3v) is 4.84. The minimum Gasteiger partial charge on any atom is -0.481 e. The van der Waals surface area contributed by atoms with Crippen molar-refractivity contribution in [2.75, 3.05) is 5.75 Å². The standard InChI is InChI=1S/C13H15N3O2S/c1-9-4-10-14-8-15-16(10)11(5-9)19-7-13(2-3-13)6-12(17)18/h4-5,8H,2-3,6-7H2,1H3,(H,17,18). The van der Waals surface area contributed by atoms with E-state index in [4.69, 9.17) is 5.11 Å². The molecule has 0 aliphatic heterocycles. The van der Waals surface area contributed by atoms with Crippen LogP contribution in [0.5, 0.6) is 0 Å². The second-order valence-electron chi connectivity index (χ2n) is 5.26. The van der Waals surface area contributed by atoms with E-state index in [-0.39, 0.29) is 11.8 Å². The third kappa shape index (κ3) is 2.58. The number of carbonyl (C=O) groups is 1. The van der Waals surface area contributed by atoms with Gasteiger partial charge in [0.2, 0.25) is 0 Å². The summed E-state index contributed by atoms with van der Waals surface area (Å²) in [5.41, 5.74) is 1.98. The lowest BCUT2D eigenvalue weighted by atomic mass is 10.1. The summed E-state index contributed by atoms with van der Waals surface area (Å²) in [7, 11) is 0. The molecule has 0 spiro atoms. The van der Waals surface area contributed by atoms with Crippen LogP contribution in [-0.4, -0.2) is 31.4 Å². The first kappa shape index (κ1) is 12.5. The van der Waals surface area contributed by atoms with Crippen LogP contribution in [0.4, 0.5) is 0 Å². The Labute approximate surface area is 115 Å². The quantitative estimate of drug-likeness (QED) is 0.850. The second kappa shape index (κ2) is 4.52. The summed E-state index contributed by atoms with van der Waals surface area (Å²) in [6.45, 7) is 2.03. The van der Waals surface area contributed by atoms with E-state index in [1.165, 1.54) is 0 Å². The van der Waals surface area contributed by atoms with Crippen LogP contribution in [0.1, 0.15) is 24.8 Å². The second-order valence-corrected chi connectivity index (χ2v) is 6.26. The Morgan fingerprint density at radius 2 is 2.32 bits per heavy atom. The topological polar surface area (TPSA) is 67.5 Å². The summed E-state index contributed by atoms with van der Waals surface area (Å²) in [5.74, 6) is 0.130. The molecule has 0 bridgehead atoms. The zero-order valence-corrected chi connectivity index (χ0v) is 11.5. The first-order valence-corrected chi connectivity index (χ1v) is 7.22. The van der Waals surface area contributed by atoms with E-state index in [1.807, 2.05) is 17.5 Å². The lowest BCUT2D eigenvalue weighted by Crippen LogP contribution is -2.11. The molecule has 3 rings (SSSR count). The van der Waals surface area contributed by atoms with Gasteiger partial charge in [0.15, 0.2) is 5.65 Å². The van der Waals surface area contributed by atoms with E-state index in [9.17, 15) is 4.79 Å². The number of aliphatic carboxylic acids is 1. The van der Waals surface area contributed by atoms with Crippen molar-refractivity contribution in [1.29, 1.82) is 0 Å². The highest BCUT2D eigenvalue weighted by atomic mass is 32.2. The Bertz CT molecular complexity index is 634. The molecule has 1 N–H and O–H groups in total. The van der Waals surface area contributed by atoms with Gasteiger partial charge in [-0.15, -0.1) is 11.8 Å². The summed E-state index contributed by atoms with van der Waals surface area (Å²) in [6.07, 6.45) is 3.84. The number of carboxylic acids is 1. The molecule has 0 aromatic carbocycles. The van der Waals surface area contributed by atoms with Crippen LogP contribution in [0.15, 0.2) is 23.5 Å². The number of aromatic nitrogens is 3. The molecule has 5 nitrogen and oxygen atoms in total. The molecular formula is C13H15N3O2S. The first-order valence-electron chi connectivity index (χ1n) is 6.23. The van der Waals surface area contributed by atoms with Crippen LogP contribution in [0, 0.1) is 12.3 Å². The van der Waals surface area contributed by atoms with Gasteiger partial charge in [0.1, 0.15) is 11.4 Å². The van der Waals surface area contributed by atoms with Crippen LogP contribution in [0.3, 0.4) is 0 Å². The molecule has 0 radical (unpaired) electrons. The maximum Gasteiger partial charge on any atom is 0.303 e. The number of rotatable bonds is 5. The summed E-state index contributed by atoms with van der Waals surface area (Å²) in [5, 5.41) is 14.2. The van der Waals surface area contributed by atoms with E-state index < -0.39 is 5.97 Å². The number of fused-ring (bicyclic) bond motifs is 1. The summed E-state index contributed by atoms with van der Waals surface area (Å²) in [6, 6.07) is 4.06. The SMILES string of the molecule is Cc1cc(SCC2(CC(=O)O)CC2)n2ncnc2c1. The van der Waals surface area contributed by atoms with Crippen molar-refractivity contribution in [2.45, 2.75) is 31.2 Å². The molecule has 19 heavy (non-hydrogen) atoms. The molecule has 1 saturated carbocycles. The van der Waals surface area contributed by atoms with Crippen molar-refractivity contribution in [3.05, 3.63) is 24.0 Å². The molecule has 0 atom stereocenters. The molecule has 100 valence electrons. The van der Waals surface area contributed by atoms with Crippen LogP contribution >= 0.6 is 11.8 Å².